The summed E-state index contributed by atoms with van der Waals surface area (Å²) < 4.78 is 5.01. The minimum absolute atomic E-state index is 0. The van der Waals surface area contributed by atoms with Crippen LogP contribution in [0.5, 0.6) is 0 Å². The monoisotopic (exact) mass is 385 g/mol. The summed E-state index contributed by atoms with van der Waals surface area (Å²) in [6, 6.07) is 0. The summed E-state index contributed by atoms with van der Waals surface area (Å²) in [6.07, 6.45) is 3.37. The Balaban J connectivity index is 0. The number of aliphatic imine (C=N–C) groups is 1. The summed E-state index contributed by atoms with van der Waals surface area (Å²) in [5, 5.41) is 6.62. The van der Waals surface area contributed by atoms with E-state index in [1.54, 1.807) is 7.11 Å². The molecule has 19 heavy (non-hydrogen) atoms. The van der Waals surface area contributed by atoms with Gasteiger partial charge in [-0.05, 0) is 31.6 Å². The summed E-state index contributed by atoms with van der Waals surface area (Å²) >= 11 is 0. The van der Waals surface area contributed by atoms with E-state index in [4.69, 9.17) is 4.74 Å². The number of guanidine groups is 1. The fourth-order valence-corrected chi connectivity index (χ4v) is 1.57. The summed E-state index contributed by atoms with van der Waals surface area (Å²) in [5.74, 6) is 0.919. The zero-order valence-corrected chi connectivity index (χ0v) is 15.5. The quantitative estimate of drug-likeness (QED) is 0.292. The van der Waals surface area contributed by atoms with Crippen LogP contribution in [-0.2, 0) is 4.74 Å². The van der Waals surface area contributed by atoms with Crippen molar-refractivity contribution in [1.82, 2.24) is 10.6 Å². The van der Waals surface area contributed by atoms with Crippen LogP contribution in [0.2, 0.25) is 0 Å². The van der Waals surface area contributed by atoms with E-state index in [-0.39, 0.29) is 24.0 Å². The Morgan fingerprint density at radius 2 is 1.84 bits per heavy atom. The third kappa shape index (κ3) is 15.9. The molecule has 4 nitrogen and oxygen atoms in total. The fraction of sp³-hybridized carbons (Fsp3) is 0.929. The van der Waals surface area contributed by atoms with Crippen molar-refractivity contribution in [2.24, 2.45) is 10.4 Å². The molecule has 0 heterocycles. The van der Waals surface area contributed by atoms with Crippen LogP contribution in [0, 0.1) is 5.41 Å². The predicted octanol–water partition coefficient (Wildman–Crippen LogP) is 3.02. The Morgan fingerprint density at radius 1 is 1.16 bits per heavy atom. The first kappa shape index (κ1) is 21.3. The highest BCUT2D eigenvalue weighted by Gasteiger charge is 2.08. The average molecular weight is 385 g/mol. The first-order valence-corrected chi connectivity index (χ1v) is 7.00. The van der Waals surface area contributed by atoms with Gasteiger partial charge in [0.15, 0.2) is 5.96 Å². The summed E-state index contributed by atoms with van der Waals surface area (Å²) in [7, 11) is 1.72. The molecule has 0 aromatic heterocycles. The Bertz CT molecular complexity index is 227. The highest BCUT2D eigenvalue weighted by atomic mass is 127. The van der Waals surface area contributed by atoms with Gasteiger partial charge in [-0.15, -0.1) is 24.0 Å². The van der Waals surface area contributed by atoms with Crippen molar-refractivity contribution >= 4 is 29.9 Å². The van der Waals surface area contributed by atoms with E-state index in [0.29, 0.717) is 5.41 Å². The SMILES string of the molecule is CCNC(=NCCCOC)NCCCC(C)(C)C.I. The van der Waals surface area contributed by atoms with Crippen molar-refractivity contribution < 1.29 is 4.74 Å². The Morgan fingerprint density at radius 3 is 2.37 bits per heavy atom. The molecule has 0 fully saturated rings. The number of halogens is 1. The molecular formula is C14H32IN3O. The standard InChI is InChI=1S/C14H31N3O.HI/c1-6-15-13(17-11-8-12-18-5)16-10-7-9-14(2,3)4;/h6-12H2,1-5H3,(H2,15,16,17);1H. The predicted molar refractivity (Wildman–Crippen MR) is 94.6 cm³/mol. The van der Waals surface area contributed by atoms with E-state index >= 15 is 0 Å². The lowest BCUT2D eigenvalue weighted by molar-refractivity contribution is 0.197. The van der Waals surface area contributed by atoms with Crippen LogP contribution in [0.1, 0.15) is 47.0 Å². The zero-order valence-electron chi connectivity index (χ0n) is 13.2. The third-order valence-corrected chi connectivity index (χ3v) is 2.52. The van der Waals surface area contributed by atoms with Gasteiger partial charge in [0, 0.05) is 33.4 Å². The Kier molecular flexibility index (Phi) is 14.5. The number of nitrogens with zero attached hydrogens (tertiary/aromatic N) is 1. The summed E-state index contributed by atoms with van der Waals surface area (Å²) in [4.78, 5) is 4.50. The van der Waals surface area contributed by atoms with Crippen molar-refractivity contribution in [3.63, 3.8) is 0 Å². The van der Waals surface area contributed by atoms with Crippen molar-refractivity contribution in [2.75, 3.05) is 33.4 Å². The lowest BCUT2D eigenvalue weighted by Gasteiger charge is -2.18. The minimum atomic E-state index is 0. The largest absolute Gasteiger partial charge is 0.385 e. The molecule has 0 rings (SSSR count). The average Bonchev–Trinajstić information content (AvgIpc) is 2.28. The van der Waals surface area contributed by atoms with Gasteiger partial charge in [-0.1, -0.05) is 20.8 Å². The lowest BCUT2D eigenvalue weighted by atomic mass is 9.91. The third-order valence-electron chi connectivity index (χ3n) is 2.52. The van der Waals surface area contributed by atoms with E-state index in [2.05, 4.69) is 43.3 Å². The molecule has 0 radical (unpaired) electrons. The Hall–Kier alpha value is -0.0400. The number of ether oxygens (including phenoxy) is 1. The molecule has 0 amide bonds. The maximum absolute atomic E-state index is 5.01. The van der Waals surface area contributed by atoms with E-state index in [9.17, 15) is 0 Å². The number of rotatable bonds is 8. The maximum Gasteiger partial charge on any atom is 0.191 e. The summed E-state index contributed by atoms with van der Waals surface area (Å²) in [5.41, 5.74) is 0.412. The first-order valence-electron chi connectivity index (χ1n) is 7.00. The second-order valence-electron chi connectivity index (χ2n) is 5.70. The highest BCUT2D eigenvalue weighted by Crippen LogP contribution is 2.19. The highest BCUT2D eigenvalue weighted by molar-refractivity contribution is 14.0. The van der Waals surface area contributed by atoms with Gasteiger partial charge < -0.3 is 15.4 Å². The maximum atomic E-state index is 5.01. The number of hydrogen-bond acceptors (Lipinski definition) is 2. The molecule has 0 saturated heterocycles. The van der Waals surface area contributed by atoms with Gasteiger partial charge in [-0.3, -0.25) is 4.99 Å². The van der Waals surface area contributed by atoms with E-state index in [1.165, 1.54) is 12.8 Å². The van der Waals surface area contributed by atoms with Crippen LogP contribution in [0.15, 0.2) is 4.99 Å². The number of nitrogens with one attached hydrogen (secondary N) is 2. The second kappa shape index (κ2) is 13.0. The van der Waals surface area contributed by atoms with E-state index in [1.807, 2.05) is 0 Å². The molecule has 0 aromatic rings. The van der Waals surface area contributed by atoms with Gasteiger partial charge in [-0.2, -0.15) is 0 Å². The molecule has 0 aliphatic rings. The molecule has 0 aliphatic heterocycles. The molecular weight excluding hydrogens is 353 g/mol. The number of methoxy groups -OCH3 is 1. The molecule has 5 heteroatoms. The van der Waals surface area contributed by atoms with Crippen molar-refractivity contribution in [1.29, 1.82) is 0 Å². The lowest BCUT2D eigenvalue weighted by Crippen LogP contribution is -2.38. The van der Waals surface area contributed by atoms with Crippen LogP contribution in [0.3, 0.4) is 0 Å². The van der Waals surface area contributed by atoms with Crippen molar-refractivity contribution in [2.45, 2.75) is 47.0 Å². The van der Waals surface area contributed by atoms with Gasteiger partial charge in [0.25, 0.3) is 0 Å². The molecule has 0 aliphatic carbocycles. The van der Waals surface area contributed by atoms with Gasteiger partial charge in [-0.25, -0.2) is 0 Å². The molecule has 116 valence electrons. The topological polar surface area (TPSA) is 45.7 Å². The van der Waals surface area contributed by atoms with Crippen molar-refractivity contribution in [3.05, 3.63) is 0 Å². The molecule has 0 bridgehead atoms. The molecule has 0 spiro atoms. The smallest absolute Gasteiger partial charge is 0.191 e. The van der Waals surface area contributed by atoms with Gasteiger partial charge in [0.05, 0.1) is 0 Å². The Labute approximate surface area is 136 Å². The zero-order chi connectivity index (χ0) is 13.9. The molecule has 0 saturated carbocycles. The number of hydrogen-bond donors (Lipinski definition) is 2. The normalized spacial score (nSPS) is 11.9. The van der Waals surface area contributed by atoms with Crippen LogP contribution in [0.4, 0.5) is 0 Å². The van der Waals surface area contributed by atoms with Crippen LogP contribution >= 0.6 is 24.0 Å². The fourth-order valence-electron chi connectivity index (χ4n) is 1.57. The van der Waals surface area contributed by atoms with Crippen LogP contribution < -0.4 is 10.6 Å². The van der Waals surface area contributed by atoms with Gasteiger partial charge >= 0.3 is 0 Å². The second-order valence-corrected chi connectivity index (χ2v) is 5.70. The van der Waals surface area contributed by atoms with Crippen molar-refractivity contribution in [3.8, 4) is 0 Å². The van der Waals surface area contributed by atoms with Gasteiger partial charge in [0.2, 0.25) is 0 Å². The molecule has 2 N–H and O–H groups in total. The van der Waals surface area contributed by atoms with E-state index in [0.717, 1.165) is 38.6 Å². The molecule has 0 aromatic carbocycles. The van der Waals surface area contributed by atoms with Gasteiger partial charge in [0.1, 0.15) is 0 Å². The molecule has 0 unspecified atom stereocenters. The molecule has 0 atom stereocenters. The summed E-state index contributed by atoms with van der Waals surface area (Å²) in [6.45, 7) is 12.4. The minimum Gasteiger partial charge on any atom is -0.385 e. The van der Waals surface area contributed by atoms with Crippen LogP contribution in [0.25, 0.3) is 0 Å². The first-order chi connectivity index (χ1) is 8.49. The van der Waals surface area contributed by atoms with E-state index < -0.39 is 0 Å². The van der Waals surface area contributed by atoms with Crippen LogP contribution in [-0.4, -0.2) is 39.3 Å².